The topological polar surface area (TPSA) is 83.0 Å². The summed E-state index contributed by atoms with van der Waals surface area (Å²) in [5, 5.41) is 6.08. The summed E-state index contributed by atoms with van der Waals surface area (Å²) in [4.78, 5) is 30.7. The fourth-order valence-electron chi connectivity index (χ4n) is 3.26. The Labute approximate surface area is 194 Å². The molecule has 1 aliphatic rings. The van der Waals surface area contributed by atoms with Crippen molar-refractivity contribution >= 4 is 41.8 Å². The first kappa shape index (κ1) is 26.1. The van der Waals surface area contributed by atoms with Gasteiger partial charge in [-0.3, -0.25) is 14.6 Å². The van der Waals surface area contributed by atoms with Gasteiger partial charge in [0, 0.05) is 26.2 Å². The van der Waals surface area contributed by atoms with E-state index in [9.17, 15) is 14.0 Å². The number of guanidine groups is 1. The fourth-order valence-corrected chi connectivity index (χ4v) is 3.26. The van der Waals surface area contributed by atoms with E-state index in [0.29, 0.717) is 26.2 Å². The maximum absolute atomic E-state index is 12.9. The molecule has 1 saturated heterocycles. The number of nitrogens with zero attached hydrogens (tertiary/aromatic N) is 2. The zero-order valence-electron chi connectivity index (χ0n) is 17.7. The van der Waals surface area contributed by atoms with Gasteiger partial charge in [0.25, 0.3) is 0 Å². The molecule has 1 amide bonds. The molecule has 1 aliphatic heterocycles. The number of nitrogens with one attached hydrogen (secondary N) is 2. The van der Waals surface area contributed by atoms with Gasteiger partial charge in [-0.1, -0.05) is 12.1 Å². The molecule has 2 N–H and O–H groups in total. The van der Waals surface area contributed by atoms with Gasteiger partial charge in [0.2, 0.25) is 5.91 Å². The molecule has 0 aromatic heterocycles. The van der Waals surface area contributed by atoms with Gasteiger partial charge in [-0.2, -0.15) is 0 Å². The molecule has 1 atom stereocenters. The van der Waals surface area contributed by atoms with Crippen LogP contribution in [0.4, 0.5) is 4.39 Å². The van der Waals surface area contributed by atoms with Crippen molar-refractivity contribution in [1.82, 2.24) is 15.5 Å². The smallest absolute Gasteiger partial charge is 0.310 e. The number of hydrogen-bond donors (Lipinski definition) is 2. The van der Waals surface area contributed by atoms with Gasteiger partial charge in [-0.15, -0.1) is 24.0 Å². The van der Waals surface area contributed by atoms with Gasteiger partial charge in [0.1, 0.15) is 5.82 Å². The van der Waals surface area contributed by atoms with Crippen LogP contribution in [0.25, 0.3) is 0 Å². The standard InChI is InChI=1S/C21H31FN4O3.HI/c1-3-23-21(26-13-5-6-17(15-26)20(28)29-4-2)25-12-11-24-19(27)14-16-7-9-18(22)10-8-16;/h7-10,17H,3-6,11-15H2,1-2H3,(H,23,25)(H,24,27);1H. The minimum atomic E-state index is -0.317. The van der Waals surface area contributed by atoms with Crippen LogP contribution in [0.1, 0.15) is 32.3 Å². The number of hydrogen-bond acceptors (Lipinski definition) is 4. The second kappa shape index (κ2) is 14.2. The van der Waals surface area contributed by atoms with Crippen LogP contribution in [0.3, 0.4) is 0 Å². The SMILES string of the molecule is CCNC(=NCCNC(=O)Cc1ccc(F)cc1)N1CCCC(C(=O)OCC)C1.I. The molecule has 1 aromatic rings. The number of ether oxygens (including phenoxy) is 1. The zero-order chi connectivity index (χ0) is 21.1. The molecule has 168 valence electrons. The van der Waals surface area contributed by atoms with Crippen LogP contribution in [-0.2, 0) is 20.7 Å². The number of halogens is 2. The van der Waals surface area contributed by atoms with Gasteiger partial charge in [-0.05, 0) is 44.4 Å². The summed E-state index contributed by atoms with van der Waals surface area (Å²) in [5.74, 6) is 0.0119. The highest BCUT2D eigenvalue weighted by Crippen LogP contribution is 2.18. The van der Waals surface area contributed by atoms with Gasteiger partial charge in [0.05, 0.1) is 25.5 Å². The zero-order valence-corrected chi connectivity index (χ0v) is 20.0. The first-order valence-electron chi connectivity index (χ1n) is 10.2. The summed E-state index contributed by atoms with van der Waals surface area (Å²) in [6, 6.07) is 5.90. The Hall–Kier alpha value is -1.91. The first-order chi connectivity index (χ1) is 14.0. The molecule has 2 rings (SSSR count). The van der Waals surface area contributed by atoms with Crippen LogP contribution in [0.5, 0.6) is 0 Å². The Morgan fingerprint density at radius 1 is 1.23 bits per heavy atom. The molecule has 30 heavy (non-hydrogen) atoms. The highest BCUT2D eigenvalue weighted by atomic mass is 127. The Bertz CT molecular complexity index is 700. The van der Waals surface area contributed by atoms with E-state index in [1.54, 1.807) is 12.1 Å². The summed E-state index contributed by atoms with van der Waals surface area (Å²) >= 11 is 0. The lowest BCUT2D eigenvalue weighted by molar-refractivity contribution is -0.149. The molecule has 0 aliphatic carbocycles. The second-order valence-corrected chi connectivity index (χ2v) is 6.93. The number of carbonyl (C=O) groups is 2. The van der Waals surface area contributed by atoms with E-state index in [2.05, 4.69) is 20.5 Å². The van der Waals surface area contributed by atoms with Crippen LogP contribution in [0.15, 0.2) is 29.3 Å². The summed E-state index contributed by atoms with van der Waals surface area (Å²) in [6.45, 7) is 7.17. The van der Waals surface area contributed by atoms with Crippen molar-refractivity contribution in [2.45, 2.75) is 33.1 Å². The monoisotopic (exact) mass is 534 g/mol. The molecular formula is C21H32FIN4O3. The van der Waals surface area contributed by atoms with Crippen LogP contribution in [0, 0.1) is 11.7 Å². The van der Waals surface area contributed by atoms with Crippen LogP contribution < -0.4 is 10.6 Å². The van der Waals surface area contributed by atoms with Gasteiger partial charge in [-0.25, -0.2) is 4.39 Å². The molecule has 0 bridgehead atoms. The van der Waals surface area contributed by atoms with Crippen molar-refractivity contribution in [2.75, 3.05) is 39.3 Å². The number of rotatable bonds is 8. The van der Waals surface area contributed by atoms with Crippen molar-refractivity contribution in [1.29, 1.82) is 0 Å². The average molecular weight is 534 g/mol. The average Bonchev–Trinajstić information content (AvgIpc) is 2.72. The van der Waals surface area contributed by atoms with Gasteiger partial charge in [0.15, 0.2) is 5.96 Å². The molecule has 0 radical (unpaired) electrons. The number of carbonyl (C=O) groups excluding carboxylic acids is 2. The van der Waals surface area contributed by atoms with E-state index in [1.165, 1.54) is 12.1 Å². The van der Waals surface area contributed by atoms with Gasteiger partial charge < -0.3 is 20.3 Å². The van der Waals surface area contributed by atoms with Gasteiger partial charge >= 0.3 is 5.97 Å². The van der Waals surface area contributed by atoms with Crippen LogP contribution >= 0.6 is 24.0 Å². The van der Waals surface area contributed by atoms with Crippen molar-refractivity contribution in [3.05, 3.63) is 35.6 Å². The van der Waals surface area contributed by atoms with Crippen molar-refractivity contribution < 1.29 is 18.7 Å². The number of esters is 1. The van der Waals surface area contributed by atoms with E-state index < -0.39 is 0 Å². The molecule has 1 aromatic carbocycles. The van der Waals surface area contributed by atoms with E-state index >= 15 is 0 Å². The number of likely N-dealkylation sites (tertiary alicyclic amines) is 1. The maximum atomic E-state index is 12.9. The Balaban J connectivity index is 0.00000450. The molecular weight excluding hydrogens is 502 g/mol. The molecule has 1 heterocycles. The lowest BCUT2D eigenvalue weighted by Crippen LogP contribution is -2.48. The number of benzene rings is 1. The largest absolute Gasteiger partial charge is 0.466 e. The summed E-state index contributed by atoms with van der Waals surface area (Å²) < 4.78 is 18.1. The predicted molar refractivity (Wildman–Crippen MR) is 125 cm³/mol. The third-order valence-electron chi connectivity index (χ3n) is 4.65. The maximum Gasteiger partial charge on any atom is 0.310 e. The van der Waals surface area contributed by atoms with E-state index in [-0.39, 0.29) is 54.0 Å². The van der Waals surface area contributed by atoms with E-state index in [4.69, 9.17) is 4.74 Å². The van der Waals surface area contributed by atoms with E-state index in [0.717, 1.165) is 37.5 Å². The number of amides is 1. The molecule has 1 fully saturated rings. The van der Waals surface area contributed by atoms with Crippen LogP contribution in [-0.4, -0.2) is 62.1 Å². The molecule has 9 heteroatoms. The first-order valence-corrected chi connectivity index (χ1v) is 10.2. The Kier molecular flexibility index (Phi) is 12.3. The number of piperidine rings is 1. The highest BCUT2D eigenvalue weighted by Gasteiger charge is 2.28. The fraction of sp³-hybridized carbons (Fsp3) is 0.571. The lowest BCUT2D eigenvalue weighted by Gasteiger charge is -2.34. The second-order valence-electron chi connectivity index (χ2n) is 6.93. The molecule has 0 spiro atoms. The minimum Gasteiger partial charge on any atom is -0.466 e. The van der Waals surface area contributed by atoms with Crippen LogP contribution in [0.2, 0.25) is 0 Å². The van der Waals surface area contributed by atoms with Crippen molar-refractivity contribution in [3.8, 4) is 0 Å². The minimum absolute atomic E-state index is 0. The highest BCUT2D eigenvalue weighted by molar-refractivity contribution is 14.0. The third kappa shape index (κ3) is 8.85. The molecule has 0 saturated carbocycles. The summed E-state index contributed by atoms with van der Waals surface area (Å²) in [5.41, 5.74) is 0.763. The lowest BCUT2D eigenvalue weighted by atomic mass is 9.98. The van der Waals surface area contributed by atoms with E-state index in [1.807, 2.05) is 13.8 Å². The number of aliphatic imine (C=N–C) groups is 1. The molecule has 7 nitrogen and oxygen atoms in total. The summed E-state index contributed by atoms with van der Waals surface area (Å²) in [6.07, 6.45) is 1.94. The summed E-state index contributed by atoms with van der Waals surface area (Å²) in [7, 11) is 0. The van der Waals surface area contributed by atoms with Crippen molar-refractivity contribution in [3.63, 3.8) is 0 Å². The Morgan fingerprint density at radius 2 is 1.97 bits per heavy atom. The normalized spacial score (nSPS) is 16.4. The quantitative estimate of drug-likeness (QED) is 0.176. The predicted octanol–water partition coefficient (Wildman–Crippen LogP) is 2.34. The molecule has 1 unspecified atom stereocenters. The van der Waals surface area contributed by atoms with Crippen molar-refractivity contribution in [2.24, 2.45) is 10.9 Å². The Morgan fingerprint density at radius 3 is 2.63 bits per heavy atom. The third-order valence-corrected chi connectivity index (χ3v) is 4.65.